The van der Waals surface area contributed by atoms with Gasteiger partial charge in [0.2, 0.25) is 15.9 Å². The van der Waals surface area contributed by atoms with Gasteiger partial charge >= 0.3 is 0 Å². The Morgan fingerprint density at radius 3 is 2.74 bits per heavy atom. The summed E-state index contributed by atoms with van der Waals surface area (Å²) in [6.45, 7) is 4.05. The molecular weight excluding hydrogens is 316 g/mol. The monoisotopic (exact) mass is 338 g/mol. The third-order valence-electron chi connectivity index (χ3n) is 4.42. The van der Waals surface area contributed by atoms with Crippen molar-refractivity contribution < 1.29 is 17.9 Å². The fourth-order valence-corrected chi connectivity index (χ4v) is 4.62. The standard InChI is InChI=1S/C16H22N2O4S/c1-13(19)17-7-3-8-18(10-9-17)23(20,21)15-5-6-16-14(12-15)4-2-11-22-16/h5-6,12H,2-4,7-11H2,1H3. The summed E-state index contributed by atoms with van der Waals surface area (Å²) in [6, 6.07) is 5.10. The van der Waals surface area contributed by atoms with Gasteiger partial charge in [0.05, 0.1) is 11.5 Å². The lowest BCUT2D eigenvalue weighted by atomic mass is 10.1. The minimum Gasteiger partial charge on any atom is -0.493 e. The van der Waals surface area contributed by atoms with E-state index in [1.54, 1.807) is 23.1 Å². The first-order chi connectivity index (χ1) is 11.0. The van der Waals surface area contributed by atoms with E-state index in [-0.39, 0.29) is 5.91 Å². The van der Waals surface area contributed by atoms with Crippen LogP contribution in [0.15, 0.2) is 23.1 Å². The van der Waals surface area contributed by atoms with Crippen LogP contribution in [0.3, 0.4) is 0 Å². The molecule has 2 aliphatic rings. The zero-order chi connectivity index (χ0) is 16.4. The SMILES string of the molecule is CC(=O)N1CCCN(S(=O)(=O)c2ccc3c(c2)CCCO3)CC1. The Bertz CT molecular complexity index is 702. The van der Waals surface area contributed by atoms with Crippen LogP contribution in [0, 0.1) is 0 Å². The smallest absolute Gasteiger partial charge is 0.243 e. The Morgan fingerprint density at radius 2 is 1.96 bits per heavy atom. The molecule has 0 saturated carbocycles. The van der Waals surface area contributed by atoms with Crippen molar-refractivity contribution in [1.82, 2.24) is 9.21 Å². The van der Waals surface area contributed by atoms with Gasteiger partial charge in [0.25, 0.3) is 0 Å². The number of aryl methyl sites for hydroxylation is 1. The summed E-state index contributed by atoms with van der Waals surface area (Å²) >= 11 is 0. The van der Waals surface area contributed by atoms with Crippen LogP contribution in [-0.4, -0.2) is 56.3 Å². The normalized spacial score (nSPS) is 19.6. The highest BCUT2D eigenvalue weighted by atomic mass is 32.2. The summed E-state index contributed by atoms with van der Waals surface area (Å²) in [5.74, 6) is 0.781. The first kappa shape index (κ1) is 16.3. The Hall–Kier alpha value is -1.60. The van der Waals surface area contributed by atoms with Gasteiger partial charge in [0.15, 0.2) is 0 Å². The fourth-order valence-electron chi connectivity index (χ4n) is 3.10. The number of sulfonamides is 1. The van der Waals surface area contributed by atoms with E-state index in [0.29, 0.717) is 44.1 Å². The second-order valence-electron chi connectivity index (χ2n) is 5.99. The van der Waals surface area contributed by atoms with E-state index >= 15 is 0 Å². The molecule has 1 fully saturated rings. The fraction of sp³-hybridized carbons (Fsp3) is 0.562. The molecule has 1 amide bonds. The molecule has 0 atom stereocenters. The van der Waals surface area contributed by atoms with Crippen molar-refractivity contribution in [3.63, 3.8) is 0 Å². The van der Waals surface area contributed by atoms with Crippen LogP contribution >= 0.6 is 0 Å². The maximum atomic E-state index is 12.9. The zero-order valence-electron chi connectivity index (χ0n) is 13.3. The molecule has 2 heterocycles. The Labute approximate surface area is 137 Å². The van der Waals surface area contributed by atoms with Crippen molar-refractivity contribution in [3.05, 3.63) is 23.8 Å². The molecule has 0 bridgehead atoms. The van der Waals surface area contributed by atoms with Gasteiger partial charge in [0, 0.05) is 33.1 Å². The Morgan fingerprint density at radius 1 is 1.13 bits per heavy atom. The van der Waals surface area contributed by atoms with Crippen LogP contribution in [0.4, 0.5) is 0 Å². The number of amides is 1. The maximum Gasteiger partial charge on any atom is 0.243 e. The number of fused-ring (bicyclic) bond motifs is 1. The van der Waals surface area contributed by atoms with Gasteiger partial charge in [-0.25, -0.2) is 8.42 Å². The Balaban J connectivity index is 1.82. The largest absolute Gasteiger partial charge is 0.493 e. The number of benzene rings is 1. The van der Waals surface area contributed by atoms with E-state index in [4.69, 9.17) is 4.74 Å². The van der Waals surface area contributed by atoms with Crippen LogP contribution in [0.5, 0.6) is 5.75 Å². The maximum absolute atomic E-state index is 12.9. The number of rotatable bonds is 2. The molecule has 1 aromatic rings. The van der Waals surface area contributed by atoms with Crippen molar-refractivity contribution in [1.29, 1.82) is 0 Å². The molecule has 0 aromatic heterocycles. The molecular formula is C16H22N2O4S. The molecule has 0 unspecified atom stereocenters. The quantitative estimate of drug-likeness (QED) is 0.814. The molecule has 126 valence electrons. The van der Waals surface area contributed by atoms with Crippen molar-refractivity contribution >= 4 is 15.9 Å². The summed E-state index contributed by atoms with van der Waals surface area (Å²) in [5, 5.41) is 0. The van der Waals surface area contributed by atoms with Gasteiger partial charge in [-0.3, -0.25) is 4.79 Å². The summed E-state index contributed by atoms with van der Waals surface area (Å²) in [5.41, 5.74) is 0.956. The lowest BCUT2D eigenvalue weighted by Gasteiger charge is -2.23. The number of hydrogen-bond acceptors (Lipinski definition) is 4. The number of ether oxygens (including phenoxy) is 1. The molecule has 0 N–H and O–H groups in total. The predicted molar refractivity (Wildman–Crippen MR) is 85.9 cm³/mol. The van der Waals surface area contributed by atoms with Gasteiger partial charge in [0.1, 0.15) is 5.75 Å². The highest BCUT2D eigenvalue weighted by Gasteiger charge is 2.28. The second-order valence-corrected chi connectivity index (χ2v) is 7.92. The first-order valence-electron chi connectivity index (χ1n) is 8.00. The highest BCUT2D eigenvalue weighted by Crippen LogP contribution is 2.28. The van der Waals surface area contributed by atoms with Crippen LogP contribution in [0.1, 0.15) is 25.3 Å². The number of carbonyl (C=O) groups is 1. The average Bonchev–Trinajstić information content (AvgIpc) is 2.81. The second kappa shape index (κ2) is 6.49. The molecule has 0 spiro atoms. The molecule has 2 aliphatic heterocycles. The number of carbonyl (C=O) groups excluding carboxylic acids is 1. The van der Waals surface area contributed by atoms with Crippen LogP contribution in [0.25, 0.3) is 0 Å². The summed E-state index contributed by atoms with van der Waals surface area (Å²) in [4.78, 5) is 13.5. The molecule has 0 radical (unpaired) electrons. The van der Waals surface area contributed by atoms with Crippen molar-refractivity contribution in [2.45, 2.75) is 31.1 Å². The third kappa shape index (κ3) is 3.35. The lowest BCUT2D eigenvalue weighted by molar-refractivity contribution is -0.128. The van der Waals surface area contributed by atoms with E-state index in [0.717, 1.165) is 24.2 Å². The number of hydrogen-bond donors (Lipinski definition) is 0. The van der Waals surface area contributed by atoms with E-state index in [9.17, 15) is 13.2 Å². The van der Waals surface area contributed by atoms with Crippen molar-refractivity contribution in [2.75, 3.05) is 32.8 Å². The van der Waals surface area contributed by atoms with E-state index in [1.807, 2.05) is 0 Å². The van der Waals surface area contributed by atoms with E-state index in [1.165, 1.54) is 11.2 Å². The topological polar surface area (TPSA) is 66.9 Å². The summed E-state index contributed by atoms with van der Waals surface area (Å²) in [7, 11) is -3.53. The zero-order valence-corrected chi connectivity index (χ0v) is 14.1. The van der Waals surface area contributed by atoms with Gasteiger partial charge in [-0.15, -0.1) is 0 Å². The number of nitrogens with zero attached hydrogens (tertiary/aromatic N) is 2. The highest BCUT2D eigenvalue weighted by molar-refractivity contribution is 7.89. The van der Waals surface area contributed by atoms with Crippen LogP contribution in [0.2, 0.25) is 0 Å². The van der Waals surface area contributed by atoms with Gasteiger partial charge in [-0.05, 0) is 43.0 Å². The van der Waals surface area contributed by atoms with Crippen molar-refractivity contribution in [3.8, 4) is 5.75 Å². The van der Waals surface area contributed by atoms with Gasteiger partial charge in [-0.2, -0.15) is 4.31 Å². The van der Waals surface area contributed by atoms with E-state index in [2.05, 4.69) is 0 Å². The van der Waals surface area contributed by atoms with E-state index < -0.39 is 10.0 Å². The third-order valence-corrected chi connectivity index (χ3v) is 6.31. The molecule has 1 aromatic carbocycles. The molecule has 0 aliphatic carbocycles. The molecule has 1 saturated heterocycles. The minimum absolute atomic E-state index is 0.00447. The minimum atomic E-state index is -3.53. The van der Waals surface area contributed by atoms with Crippen LogP contribution in [-0.2, 0) is 21.2 Å². The lowest BCUT2D eigenvalue weighted by Crippen LogP contribution is -2.36. The molecule has 23 heavy (non-hydrogen) atoms. The summed E-state index contributed by atoms with van der Waals surface area (Å²) < 4.78 is 32.8. The molecule has 3 rings (SSSR count). The van der Waals surface area contributed by atoms with Crippen LogP contribution < -0.4 is 4.74 Å². The van der Waals surface area contributed by atoms with Gasteiger partial charge < -0.3 is 9.64 Å². The average molecular weight is 338 g/mol. The van der Waals surface area contributed by atoms with Gasteiger partial charge in [-0.1, -0.05) is 0 Å². The first-order valence-corrected chi connectivity index (χ1v) is 9.44. The van der Waals surface area contributed by atoms with Crippen molar-refractivity contribution in [2.24, 2.45) is 0 Å². The predicted octanol–water partition coefficient (Wildman–Crippen LogP) is 1.25. The molecule has 6 nitrogen and oxygen atoms in total. The Kier molecular flexibility index (Phi) is 4.59. The summed E-state index contributed by atoms with van der Waals surface area (Å²) in [6.07, 6.45) is 2.41. The molecule has 7 heteroatoms.